The Balaban J connectivity index is 2.70. The Hall–Kier alpha value is -1.43. The Morgan fingerprint density at radius 2 is 2.25 bits per heavy atom. The maximum atomic E-state index is 11.8. The van der Waals surface area contributed by atoms with E-state index in [4.69, 9.17) is 5.73 Å². The molecular formula is C10H17N3O3. The van der Waals surface area contributed by atoms with Crippen LogP contribution in [0.5, 0.6) is 0 Å². The number of carbonyl (C=O) groups is 3. The molecule has 0 aromatic rings. The average Bonchev–Trinajstić information content (AvgIpc) is 2.24. The molecule has 3 amide bonds. The lowest BCUT2D eigenvalue weighted by Crippen LogP contribution is -2.59. The van der Waals surface area contributed by atoms with Gasteiger partial charge in [0.2, 0.25) is 17.7 Å². The second-order valence-corrected chi connectivity index (χ2v) is 3.75. The summed E-state index contributed by atoms with van der Waals surface area (Å²) >= 11 is 0. The molecule has 1 atom stereocenters. The van der Waals surface area contributed by atoms with E-state index in [0.29, 0.717) is 19.4 Å². The van der Waals surface area contributed by atoms with E-state index in [9.17, 15) is 14.4 Å². The number of hydrogen-bond acceptors (Lipinski definition) is 4. The number of nitrogens with two attached hydrogens (primary N) is 1. The van der Waals surface area contributed by atoms with E-state index in [1.807, 2.05) is 6.92 Å². The largest absolute Gasteiger partial charge is 0.330 e. The van der Waals surface area contributed by atoms with Crippen LogP contribution < -0.4 is 11.1 Å². The first-order valence-electron chi connectivity index (χ1n) is 5.43. The van der Waals surface area contributed by atoms with E-state index in [1.54, 1.807) is 0 Å². The van der Waals surface area contributed by atoms with Gasteiger partial charge in [0.25, 0.3) is 0 Å². The van der Waals surface area contributed by atoms with Crippen molar-refractivity contribution >= 4 is 17.7 Å². The fourth-order valence-electron chi connectivity index (χ4n) is 1.73. The van der Waals surface area contributed by atoms with Crippen LogP contribution in [0.3, 0.4) is 0 Å². The highest BCUT2D eigenvalue weighted by Gasteiger charge is 2.34. The molecule has 1 heterocycles. The van der Waals surface area contributed by atoms with E-state index >= 15 is 0 Å². The normalized spacial score (nSPS) is 20.9. The quantitative estimate of drug-likeness (QED) is 0.602. The standard InChI is InChI=1S/C10H17N3O3/c1-2-7-10(16)12-8(14)6-13(7)9(15)4-3-5-11/h7H,2-6,11H2,1H3,(H,12,14,16). The Morgan fingerprint density at radius 3 is 2.81 bits per heavy atom. The van der Waals surface area contributed by atoms with Crippen molar-refractivity contribution in [2.75, 3.05) is 13.1 Å². The number of carbonyl (C=O) groups excluding carboxylic acids is 3. The third kappa shape index (κ3) is 2.79. The molecule has 6 heteroatoms. The summed E-state index contributed by atoms with van der Waals surface area (Å²) in [5.41, 5.74) is 5.31. The zero-order chi connectivity index (χ0) is 12.1. The molecule has 3 N–H and O–H groups in total. The molecule has 1 fully saturated rings. The van der Waals surface area contributed by atoms with E-state index in [0.717, 1.165) is 0 Å². The highest BCUT2D eigenvalue weighted by molar-refractivity contribution is 6.04. The molecule has 6 nitrogen and oxygen atoms in total. The fraction of sp³-hybridized carbons (Fsp3) is 0.700. The molecule has 0 saturated carbocycles. The number of rotatable bonds is 4. The minimum absolute atomic E-state index is 0.0341. The molecule has 0 aromatic carbocycles. The second-order valence-electron chi connectivity index (χ2n) is 3.75. The summed E-state index contributed by atoms with van der Waals surface area (Å²) in [6.07, 6.45) is 1.36. The Morgan fingerprint density at radius 1 is 1.56 bits per heavy atom. The predicted octanol–water partition coefficient (Wildman–Crippen LogP) is -1.01. The van der Waals surface area contributed by atoms with Gasteiger partial charge in [-0.2, -0.15) is 0 Å². The van der Waals surface area contributed by atoms with Crippen molar-refractivity contribution < 1.29 is 14.4 Å². The predicted molar refractivity (Wildman–Crippen MR) is 57.2 cm³/mol. The van der Waals surface area contributed by atoms with Gasteiger partial charge < -0.3 is 10.6 Å². The first kappa shape index (κ1) is 12.6. The van der Waals surface area contributed by atoms with Crippen LogP contribution in [0.2, 0.25) is 0 Å². The number of nitrogens with one attached hydrogen (secondary N) is 1. The van der Waals surface area contributed by atoms with Crippen molar-refractivity contribution in [3.8, 4) is 0 Å². The summed E-state index contributed by atoms with van der Waals surface area (Å²) in [4.78, 5) is 35.7. The van der Waals surface area contributed by atoms with Crippen LogP contribution in [-0.2, 0) is 14.4 Å². The lowest BCUT2D eigenvalue weighted by molar-refractivity contribution is -0.150. The molecule has 0 spiro atoms. The molecule has 1 aliphatic rings. The lowest BCUT2D eigenvalue weighted by atomic mass is 10.1. The Labute approximate surface area is 94.2 Å². The van der Waals surface area contributed by atoms with Gasteiger partial charge in [-0.3, -0.25) is 19.7 Å². The van der Waals surface area contributed by atoms with E-state index < -0.39 is 11.9 Å². The van der Waals surface area contributed by atoms with Gasteiger partial charge >= 0.3 is 0 Å². The molecule has 16 heavy (non-hydrogen) atoms. The van der Waals surface area contributed by atoms with Crippen LogP contribution in [0.25, 0.3) is 0 Å². The minimum atomic E-state index is -0.525. The lowest BCUT2D eigenvalue weighted by Gasteiger charge is -2.33. The van der Waals surface area contributed by atoms with Crippen LogP contribution in [0, 0.1) is 0 Å². The topological polar surface area (TPSA) is 92.5 Å². The summed E-state index contributed by atoms with van der Waals surface area (Å²) in [5, 5.41) is 2.22. The summed E-state index contributed by atoms with van der Waals surface area (Å²) in [5.74, 6) is -0.990. The third-order valence-electron chi connectivity index (χ3n) is 2.56. The Bertz CT molecular complexity index is 304. The molecule has 0 aliphatic carbocycles. The number of hydrogen-bond donors (Lipinski definition) is 2. The van der Waals surface area contributed by atoms with Crippen LogP contribution in [0.15, 0.2) is 0 Å². The summed E-state index contributed by atoms with van der Waals surface area (Å²) in [6.45, 7) is 2.20. The van der Waals surface area contributed by atoms with Gasteiger partial charge in [0.1, 0.15) is 12.6 Å². The number of piperazine rings is 1. The molecular weight excluding hydrogens is 210 g/mol. The third-order valence-corrected chi connectivity index (χ3v) is 2.56. The van der Waals surface area contributed by atoms with Gasteiger partial charge in [-0.25, -0.2) is 0 Å². The van der Waals surface area contributed by atoms with Crippen molar-refractivity contribution in [2.24, 2.45) is 5.73 Å². The zero-order valence-corrected chi connectivity index (χ0v) is 9.36. The SMILES string of the molecule is CCC1C(=O)NC(=O)CN1C(=O)CCCN. The maximum absolute atomic E-state index is 11.8. The minimum Gasteiger partial charge on any atom is -0.330 e. The summed E-state index contributed by atoms with van der Waals surface area (Å²) < 4.78 is 0. The van der Waals surface area contributed by atoms with Gasteiger partial charge in [0.05, 0.1) is 0 Å². The summed E-state index contributed by atoms with van der Waals surface area (Å²) in [6, 6.07) is -0.525. The molecule has 0 bridgehead atoms. The molecule has 0 radical (unpaired) electrons. The number of imide groups is 1. The van der Waals surface area contributed by atoms with E-state index in [-0.39, 0.29) is 24.8 Å². The molecule has 90 valence electrons. The van der Waals surface area contributed by atoms with E-state index in [2.05, 4.69) is 5.32 Å². The van der Waals surface area contributed by atoms with Crippen molar-refractivity contribution in [1.29, 1.82) is 0 Å². The van der Waals surface area contributed by atoms with Crippen LogP contribution in [0.1, 0.15) is 26.2 Å². The molecule has 0 aromatic heterocycles. The second kappa shape index (κ2) is 5.60. The van der Waals surface area contributed by atoms with Crippen LogP contribution in [0.4, 0.5) is 0 Å². The zero-order valence-electron chi connectivity index (χ0n) is 9.36. The maximum Gasteiger partial charge on any atom is 0.249 e. The number of amides is 3. The smallest absolute Gasteiger partial charge is 0.249 e. The van der Waals surface area contributed by atoms with Crippen molar-refractivity contribution in [2.45, 2.75) is 32.2 Å². The highest BCUT2D eigenvalue weighted by Crippen LogP contribution is 2.11. The number of nitrogens with zero attached hydrogens (tertiary/aromatic N) is 1. The van der Waals surface area contributed by atoms with E-state index in [1.165, 1.54) is 4.90 Å². The van der Waals surface area contributed by atoms with Gasteiger partial charge in [-0.15, -0.1) is 0 Å². The van der Waals surface area contributed by atoms with Gasteiger partial charge in [0.15, 0.2) is 0 Å². The molecule has 1 aliphatic heterocycles. The average molecular weight is 227 g/mol. The Kier molecular flexibility index (Phi) is 4.42. The first-order chi connectivity index (χ1) is 7.60. The highest BCUT2D eigenvalue weighted by atomic mass is 16.2. The van der Waals surface area contributed by atoms with Crippen molar-refractivity contribution in [3.63, 3.8) is 0 Å². The fourth-order valence-corrected chi connectivity index (χ4v) is 1.73. The molecule has 1 unspecified atom stereocenters. The van der Waals surface area contributed by atoms with Crippen LogP contribution >= 0.6 is 0 Å². The van der Waals surface area contributed by atoms with Crippen molar-refractivity contribution in [3.05, 3.63) is 0 Å². The van der Waals surface area contributed by atoms with Gasteiger partial charge in [0, 0.05) is 6.42 Å². The van der Waals surface area contributed by atoms with Crippen molar-refractivity contribution in [1.82, 2.24) is 10.2 Å². The summed E-state index contributed by atoms with van der Waals surface area (Å²) in [7, 11) is 0. The first-order valence-corrected chi connectivity index (χ1v) is 5.43. The monoisotopic (exact) mass is 227 g/mol. The molecule has 1 rings (SSSR count). The molecule has 1 saturated heterocycles. The van der Waals surface area contributed by atoms with Gasteiger partial charge in [-0.05, 0) is 19.4 Å². The van der Waals surface area contributed by atoms with Crippen LogP contribution in [-0.4, -0.2) is 41.8 Å². The van der Waals surface area contributed by atoms with Gasteiger partial charge in [-0.1, -0.05) is 6.92 Å².